The van der Waals surface area contributed by atoms with Crippen LogP contribution in [0.5, 0.6) is 0 Å². The Morgan fingerprint density at radius 2 is 2.22 bits per heavy atom. The van der Waals surface area contributed by atoms with E-state index in [0.29, 0.717) is 11.3 Å². The summed E-state index contributed by atoms with van der Waals surface area (Å²) in [5.41, 5.74) is 10.7. The molecule has 0 radical (unpaired) electrons. The topological polar surface area (TPSA) is 86.5 Å². The predicted molar refractivity (Wildman–Crippen MR) is 71.0 cm³/mol. The van der Waals surface area contributed by atoms with E-state index in [1.165, 1.54) is 6.20 Å². The van der Waals surface area contributed by atoms with Gasteiger partial charge in [0, 0.05) is 5.56 Å². The number of alkyl halides is 1. The second-order valence-electron chi connectivity index (χ2n) is 3.87. The molecule has 1 atom stereocenters. The molecule has 1 aromatic heterocycles. The van der Waals surface area contributed by atoms with Gasteiger partial charge in [-0.3, -0.25) is 4.99 Å². The van der Waals surface area contributed by atoms with Crippen molar-refractivity contribution in [2.75, 3.05) is 25.6 Å². The molecular weight excluding hydrogens is 282 g/mol. The van der Waals surface area contributed by atoms with Crippen LogP contribution in [0.3, 0.4) is 0 Å². The Morgan fingerprint density at radius 1 is 1.50 bits per heavy atom. The van der Waals surface area contributed by atoms with Gasteiger partial charge in [-0.05, 0) is 6.07 Å². The molecule has 0 fully saturated rings. The van der Waals surface area contributed by atoms with E-state index in [1.807, 2.05) is 0 Å². The molecule has 0 bridgehead atoms. The fraction of sp³-hybridized carbons (Fsp3) is 0.400. The Hall–Kier alpha value is -1.11. The predicted octanol–water partition coefficient (Wildman–Crippen LogP) is 1.29. The highest BCUT2D eigenvalue weighted by Gasteiger charge is 2.38. The lowest BCUT2D eigenvalue weighted by molar-refractivity contribution is 0.0826. The van der Waals surface area contributed by atoms with Gasteiger partial charge in [-0.25, -0.2) is 9.37 Å². The highest BCUT2D eigenvalue weighted by molar-refractivity contribution is 6.30. The zero-order chi connectivity index (χ0) is 12.5. The lowest BCUT2D eigenvalue weighted by atomic mass is 9.93. The minimum Gasteiger partial charge on any atom is -0.397 e. The first-order chi connectivity index (χ1) is 8.07. The summed E-state index contributed by atoms with van der Waals surface area (Å²) >= 11 is 5.95. The number of amidine groups is 1. The van der Waals surface area contributed by atoms with Crippen LogP contribution in [0.25, 0.3) is 0 Å². The number of ether oxygens (including phenoxy) is 1. The van der Waals surface area contributed by atoms with Crippen molar-refractivity contribution in [3.8, 4) is 0 Å². The van der Waals surface area contributed by atoms with E-state index < -0.39 is 12.2 Å². The summed E-state index contributed by atoms with van der Waals surface area (Å²) in [6.45, 7) is -0.525. The smallest absolute Gasteiger partial charge is 0.142 e. The van der Waals surface area contributed by atoms with Crippen LogP contribution in [0.15, 0.2) is 17.3 Å². The molecule has 0 amide bonds. The van der Waals surface area contributed by atoms with Crippen LogP contribution in [-0.2, 0) is 10.3 Å². The molecule has 1 unspecified atom stereocenters. The normalized spacial score (nSPS) is 23.1. The number of nitrogen functional groups attached to an aromatic ring is 1. The van der Waals surface area contributed by atoms with E-state index in [1.54, 1.807) is 6.07 Å². The second-order valence-corrected chi connectivity index (χ2v) is 4.23. The summed E-state index contributed by atoms with van der Waals surface area (Å²) in [7, 11) is 0. The summed E-state index contributed by atoms with van der Waals surface area (Å²) in [6, 6.07) is 1.54. The summed E-state index contributed by atoms with van der Waals surface area (Å²) in [5.74, 6) is 0.229. The fourth-order valence-corrected chi connectivity index (χ4v) is 2.01. The number of hydrogen-bond acceptors (Lipinski definition) is 5. The first kappa shape index (κ1) is 14.9. The molecule has 0 saturated carbocycles. The van der Waals surface area contributed by atoms with Crippen molar-refractivity contribution in [2.45, 2.75) is 5.54 Å². The number of nitrogens with two attached hydrogens (primary N) is 2. The molecule has 0 aromatic carbocycles. The van der Waals surface area contributed by atoms with Gasteiger partial charge in [0.1, 0.15) is 29.8 Å². The number of aromatic nitrogens is 1. The van der Waals surface area contributed by atoms with Crippen LogP contribution in [0.2, 0.25) is 5.15 Å². The molecule has 5 nitrogen and oxygen atoms in total. The van der Waals surface area contributed by atoms with Gasteiger partial charge in [-0.2, -0.15) is 0 Å². The average Bonchev–Trinajstić information content (AvgIpc) is 2.32. The van der Waals surface area contributed by atoms with Crippen LogP contribution in [-0.4, -0.2) is 30.7 Å². The van der Waals surface area contributed by atoms with Gasteiger partial charge in [-0.1, -0.05) is 11.6 Å². The molecular formula is C10H13Cl2FN4O. The molecule has 2 heterocycles. The Kier molecular flexibility index (Phi) is 4.72. The molecule has 4 N–H and O–H groups in total. The monoisotopic (exact) mass is 294 g/mol. The van der Waals surface area contributed by atoms with Crippen molar-refractivity contribution in [3.05, 3.63) is 23.0 Å². The van der Waals surface area contributed by atoms with Crippen molar-refractivity contribution in [1.82, 2.24) is 4.98 Å². The number of nitrogens with zero attached hydrogens (tertiary/aromatic N) is 2. The minimum atomic E-state index is -1.23. The van der Waals surface area contributed by atoms with Crippen LogP contribution in [0.4, 0.5) is 10.1 Å². The van der Waals surface area contributed by atoms with Gasteiger partial charge < -0.3 is 16.2 Å². The van der Waals surface area contributed by atoms with Crippen LogP contribution in [0, 0.1) is 0 Å². The highest BCUT2D eigenvalue weighted by Crippen LogP contribution is 2.34. The Bertz CT molecular complexity index is 471. The molecule has 100 valence electrons. The summed E-state index contributed by atoms with van der Waals surface area (Å²) in [6.07, 6.45) is 1.40. The van der Waals surface area contributed by atoms with E-state index in [4.69, 9.17) is 27.8 Å². The molecule has 0 aliphatic carbocycles. The van der Waals surface area contributed by atoms with E-state index in [-0.39, 0.29) is 36.6 Å². The number of aliphatic imine (C=N–C) groups is 1. The van der Waals surface area contributed by atoms with Crippen LogP contribution in [0.1, 0.15) is 5.56 Å². The third kappa shape index (κ3) is 2.66. The Labute approximate surface area is 115 Å². The van der Waals surface area contributed by atoms with Gasteiger partial charge >= 0.3 is 0 Å². The zero-order valence-electron chi connectivity index (χ0n) is 9.40. The number of anilines is 1. The quantitative estimate of drug-likeness (QED) is 0.805. The molecule has 0 spiro atoms. The fourth-order valence-electron chi connectivity index (χ4n) is 1.73. The molecule has 1 aliphatic rings. The number of halogens is 3. The molecule has 0 saturated heterocycles. The van der Waals surface area contributed by atoms with Gasteiger partial charge in [0.2, 0.25) is 0 Å². The van der Waals surface area contributed by atoms with Crippen molar-refractivity contribution in [2.24, 2.45) is 10.7 Å². The highest BCUT2D eigenvalue weighted by atomic mass is 35.5. The first-order valence-corrected chi connectivity index (χ1v) is 5.34. The largest absolute Gasteiger partial charge is 0.397 e. The lowest BCUT2D eigenvalue weighted by Crippen LogP contribution is -2.41. The summed E-state index contributed by atoms with van der Waals surface area (Å²) in [4.78, 5) is 8.00. The van der Waals surface area contributed by atoms with Gasteiger partial charge in [0.25, 0.3) is 0 Å². The van der Waals surface area contributed by atoms with E-state index in [0.717, 1.165) is 0 Å². The summed E-state index contributed by atoms with van der Waals surface area (Å²) in [5, 5.41) is 0.152. The van der Waals surface area contributed by atoms with Crippen molar-refractivity contribution in [1.29, 1.82) is 0 Å². The maximum absolute atomic E-state index is 13.3. The third-order valence-corrected chi connectivity index (χ3v) is 2.83. The SMILES string of the molecule is Cl.NC1=NC(CF)(c2cc(N)cnc2Cl)COC1. The average molecular weight is 295 g/mol. The zero-order valence-corrected chi connectivity index (χ0v) is 11.0. The van der Waals surface area contributed by atoms with Crippen molar-refractivity contribution < 1.29 is 9.13 Å². The van der Waals surface area contributed by atoms with E-state index in [9.17, 15) is 4.39 Å². The Balaban J connectivity index is 0.00000162. The molecule has 1 aromatic rings. The maximum Gasteiger partial charge on any atom is 0.142 e. The van der Waals surface area contributed by atoms with Crippen LogP contribution >= 0.6 is 24.0 Å². The molecule has 18 heavy (non-hydrogen) atoms. The Morgan fingerprint density at radius 3 is 2.83 bits per heavy atom. The van der Waals surface area contributed by atoms with Gasteiger partial charge in [0.05, 0.1) is 18.5 Å². The molecule has 8 heteroatoms. The maximum atomic E-state index is 13.3. The minimum absolute atomic E-state index is 0. The van der Waals surface area contributed by atoms with Gasteiger partial charge in [-0.15, -0.1) is 12.4 Å². The standard InChI is InChI=1S/C10H12ClFN4O.ClH/c11-9-7(1-6(13)2-15-9)10(4-12)5-17-3-8(14)16-10;/h1-2H,3-5,13H2,(H2,14,16);1H. The first-order valence-electron chi connectivity index (χ1n) is 4.97. The summed E-state index contributed by atoms with van der Waals surface area (Å²) < 4.78 is 18.5. The number of pyridine rings is 1. The molecule has 2 rings (SSSR count). The van der Waals surface area contributed by atoms with Crippen molar-refractivity contribution in [3.63, 3.8) is 0 Å². The number of rotatable bonds is 2. The number of hydrogen-bond donors (Lipinski definition) is 2. The van der Waals surface area contributed by atoms with Crippen LogP contribution < -0.4 is 11.5 Å². The molecule has 1 aliphatic heterocycles. The van der Waals surface area contributed by atoms with E-state index in [2.05, 4.69) is 9.98 Å². The van der Waals surface area contributed by atoms with Crippen molar-refractivity contribution >= 4 is 35.5 Å². The second kappa shape index (κ2) is 5.69. The van der Waals surface area contributed by atoms with E-state index >= 15 is 0 Å². The van der Waals surface area contributed by atoms with Gasteiger partial charge in [0.15, 0.2) is 0 Å². The third-order valence-electron chi connectivity index (χ3n) is 2.53. The lowest BCUT2D eigenvalue weighted by Gasteiger charge is -2.31.